The summed E-state index contributed by atoms with van der Waals surface area (Å²) in [6.45, 7) is -0.00619. The van der Waals surface area contributed by atoms with Gasteiger partial charge in [0.05, 0.1) is 12.2 Å². The van der Waals surface area contributed by atoms with Crippen molar-refractivity contribution in [3.05, 3.63) is 29.3 Å². The highest BCUT2D eigenvalue weighted by atomic mass is 16.3. The molecule has 0 aliphatic heterocycles. The molecule has 4 N–H and O–H groups in total. The Kier molecular flexibility index (Phi) is 3.72. The topological polar surface area (TPSA) is 83.6 Å². The van der Waals surface area contributed by atoms with Crippen LogP contribution in [0, 0.1) is 11.8 Å². The van der Waals surface area contributed by atoms with Crippen molar-refractivity contribution in [2.75, 3.05) is 6.61 Å². The predicted molar refractivity (Wildman–Crippen MR) is 55.2 cm³/mol. The molecular formula is C11H11NO3. The number of hydrogen-bond acceptors (Lipinski definition) is 3. The number of aromatic hydroxyl groups is 1. The van der Waals surface area contributed by atoms with Crippen LogP contribution in [0.2, 0.25) is 0 Å². The molecule has 0 aliphatic carbocycles. The molecule has 0 bridgehead atoms. The van der Waals surface area contributed by atoms with E-state index in [1.54, 1.807) is 6.07 Å². The lowest BCUT2D eigenvalue weighted by Crippen LogP contribution is -2.11. The van der Waals surface area contributed by atoms with Crippen LogP contribution in [0.4, 0.5) is 0 Å². The minimum Gasteiger partial charge on any atom is -0.507 e. The SMILES string of the molecule is NC(=O)c1cc(C#CCCO)ccc1O. The summed E-state index contributed by atoms with van der Waals surface area (Å²) in [7, 11) is 0. The lowest BCUT2D eigenvalue weighted by atomic mass is 10.1. The number of carbonyl (C=O) groups excluding carboxylic acids is 1. The predicted octanol–water partition coefficient (Wildman–Crippen LogP) is 0.225. The third kappa shape index (κ3) is 3.01. The Morgan fingerprint density at radius 2 is 2.20 bits per heavy atom. The summed E-state index contributed by atoms with van der Waals surface area (Å²) in [6.07, 6.45) is 0.368. The first kappa shape index (κ1) is 11.1. The zero-order valence-corrected chi connectivity index (χ0v) is 8.03. The molecule has 1 amide bonds. The standard InChI is InChI=1S/C11H11NO3/c12-11(15)9-7-8(3-1-2-6-13)4-5-10(9)14/h4-5,7,13-14H,2,6H2,(H2,12,15). The van der Waals surface area contributed by atoms with Crippen molar-refractivity contribution in [1.29, 1.82) is 0 Å². The molecule has 1 aromatic carbocycles. The first-order valence-corrected chi connectivity index (χ1v) is 4.37. The zero-order chi connectivity index (χ0) is 11.3. The first-order valence-electron chi connectivity index (χ1n) is 4.37. The largest absolute Gasteiger partial charge is 0.507 e. The maximum atomic E-state index is 10.9. The lowest BCUT2D eigenvalue weighted by Gasteiger charge is -1.99. The van der Waals surface area contributed by atoms with Gasteiger partial charge in [0, 0.05) is 12.0 Å². The van der Waals surface area contributed by atoms with Crippen molar-refractivity contribution in [3.8, 4) is 17.6 Å². The van der Waals surface area contributed by atoms with Gasteiger partial charge in [-0.05, 0) is 18.2 Å². The molecule has 0 aliphatic rings. The van der Waals surface area contributed by atoms with E-state index in [9.17, 15) is 9.90 Å². The van der Waals surface area contributed by atoms with Crippen molar-refractivity contribution < 1.29 is 15.0 Å². The van der Waals surface area contributed by atoms with Crippen molar-refractivity contribution in [1.82, 2.24) is 0 Å². The summed E-state index contributed by atoms with van der Waals surface area (Å²) < 4.78 is 0. The Labute approximate surface area is 87.3 Å². The van der Waals surface area contributed by atoms with Crippen molar-refractivity contribution in [2.24, 2.45) is 5.73 Å². The monoisotopic (exact) mass is 205 g/mol. The Morgan fingerprint density at radius 3 is 2.80 bits per heavy atom. The minimum absolute atomic E-state index is 0.00619. The van der Waals surface area contributed by atoms with Crippen LogP contribution in [0.25, 0.3) is 0 Å². The number of aliphatic hydroxyl groups excluding tert-OH is 1. The number of phenols is 1. The van der Waals surface area contributed by atoms with Gasteiger partial charge in [-0.1, -0.05) is 11.8 Å². The normalized spacial score (nSPS) is 9.13. The fourth-order valence-corrected chi connectivity index (χ4v) is 1.03. The average molecular weight is 205 g/mol. The average Bonchev–Trinajstić information content (AvgIpc) is 2.20. The van der Waals surface area contributed by atoms with Gasteiger partial charge in [0.15, 0.2) is 0 Å². The van der Waals surface area contributed by atoms with E-state index in [0.29, 0.717) is 12.0 Å². The Morgan fingerprint density at radius 1 is 1.47 bits per heavy atom. The molecule has 4 heteroatoms. The Hall–Kier alpha value is -1.99. The smallest absolute Gasteiger partial charge is 0.252 e. The summed E-state index contributed by atoms with van der Waals surface area (Å²) in [5.74, 6) is 4.59. The third-order valence-corrected chi connectivity index (χ3v) is 1.73. The van der Waals surface area contributed by atoms with E-state index < -0.39 is 5.91 Å². The molecule has 0 radical (unpaired) electrons. The molecule has 0 atom stereocenters. The molecule has 78 valence electrons. The molecule has 15 heavy (non-hydrogen) atoms. The second-order valence-electron chi connectivity index (χ2n) is 2.87. The molecule has 0 saturated carbocycles. The van der Waals surface area contributed by atoms with Crippen LogP contribution in [0.1, 0.15) is 22.3 Å². The Bertz CT molecular complexity index is 429. The highest BCUT2D eigenvalue weighted by Gasteiger charge is 2.06. The van der Waals surface area contributed by atoms with Crippen molar-refractivity contribution in [3.63, 3.8) is 0 Å². The molecule has 0 unspecified atom stereocenters. The minimum atomic E-state index is -0.696. The lowest BCUT2D eigenvalue weighted by molar-refractivity contribution is 0.0997. The maximum absolute atomic E-state index is 10.9. The number of amides is 1. The van der Waals surface area contributed by atoms with E-state index in [-0.39, 0.29) is 17.9 Å². The van der Waals surface area contributed by atoms with Gasteiger partial charge >= 0.3 is 0 Å². The quantitative estimate of drug-likeness (QED) is 0.604. The number of rotatable bonds is 2. The van der Waals surface area contributed by atoms with Gasteiger partial charge in [0.25, 0.3) is 5.91 Å². The number of benzene rings is 1. The van der Waals surface area contributed by atoms with E-state index in [4.69, 9.17) is 10.8 Å². The van der Waals surface area contributed by atoms with Crippen LogP contribution < -0.4 is 5.73 Å². The number of carbonyl (C=O) groups is 1. The van der Waals surface area contributed by atoms with Crippen LogP contribution >= 0.6 is 0 Å². The second-order valence-corrected chi connectivity index (χ2v) is 2.87. The molecule has 4 nitrogen and oxygen atoms in total. The van der Waals surface area contributed by atoms with Gasteiger partial charge in [-0.15, -0.1) is 0 Å². The molecule has 0 fully saturated rings. The van der Waals surface area contributed by atoms with Gasteiger partial charge in [-0.3, -0.25) is 4.79 Å². The summed E-state index contributed by atoms with van der Waals surface area (Å²) in [4.78, 5) is 10.9. The molecule has 1 rings (SSSR count). The molecule has 0 spiro atoms. The third-order valence-electron chi connectivity index (χ3n) is 1.73. The molecule has 0 heterocycles. The van der Waals surface area contributed by atoms with Crippen molar-refractivity contribution >= 4 is 5.91 Å². The highest BCUT2D eigenvalue weighted by molar-refractivity contribution is 5.95. The maximum Gasteiger partial charge on any atom is 0.252 e. The number of hydrogen-bond donors (Lipinski definition) is 3. The highest BCUT2D eigenvalue weighted by Crippen LogP contribution is 2.17. The van der Waals surface area contributed by atoms with E-state index in [2.05, 4.69) is 11.8 Å². The summed E-state index contributed by atoms with van der Waals surface area (Å²) >= 11 is 0. The number of aliphatic hydroxyl groups is 1. The van der Waals surface area contributed by atoms with Gasteiger partial charge in [0.1, 0.15) is 5.75 Å². The Balaban J connectivity index is 2.99. The van der Waals surface area contributed by atoms with Gasteiger partial charge in [0.2, 0.25) is 0 Å². The van der Waals surface area contributed by atoms with Gasteiger partial charge < -0.3 is 15.9 Å². The molecule has 1 aromatic rings. The number of nitrogens with two attached hydrogens (primary N) is 1. The van der Waals surface area contributed by atoms with E-state index >= 15 is 0 Å². The van der Waals surface area contributed by atoms with Crippen LogP contribution in [-0.2, 0) is 0 Å². The summed E-state index contributed by atoms with van der Waals surface area (Å²) in [6, 6.07) is 4.36. The fourth-order valence-electron chi connectivity index (χ4n) is 1.03. The van der Waals surface area contributed by atoms with Crippen LogP contribution in [-0.4, -0.2) is 22.7 Å². The zero-order valence-electron chi connectivity index (χ0n) is 8.03. The van der Waals surface area contributed by atoms with Crippen LogP contribution in [0.3, 0.4) is 0 Å². The van der Waals surface area contributed by atoms with Crippen LogP contribution in [0.15, 0.2) is 18.2 Å². The number of primary amides is 1. The van der Waals surface area contributed by atoms with Crippen molar-refractivity contribution in [2.45, 2.75) is 6.42 Å². The first-order chi connectivity index (χ1) is 7.15. The van der Waals surface area contributed by atoms with Gasteiger partial charge in [-0.2, -0.15) is 0 Å². The van der Waals surface area contributed by atoms with Crippen LogP contribution in [0.5, 0.6) is 5.75 Å². The summed E-state index contributed by atoms with van der Waals surface area (Å²) in [5.41, 5.74) is 5.68. The van der Waals surface area contributed by atoms with E-state index in [1.807, 2.05) is 0 Å². The van der Waals surface area contributed by atoms with E-state index in [1.165, 1.54) is 12.1 Å². The fraction of sp³-hybridized carbons (Fsp3) is 0.182. The second kappa shape index (κ2) is 5.03. The molecule has 0 aromatic heterocycles. The molecule has 0 saturated heterocycles. The van der Waals surface area contributed by atoms with Gasteiger partial charge in [-0.25, -0.2) is 0 Å². The summed E-state index contributed by atoms with van der Waals surface area (Å²) in [5, 5.41) is 17.8. The van der Waals surface area contributed by atoms with E-state index in [0.717, 1.165) is 0 Å². The molecular weight excluding hydrogens is 194 g/mol.